The lowest BCUT2D eigenvalue weighted by molar-refractivity contribution is 0.415. The number of hydrazone groups is 1. The first kappa shape index (κ1) is 26.2. The number of fused-ring (bicyclic) bond motifs is 1. The fourth-order valence-corrected chi connectivity index (χ4v) is 4.15. The van der Waals surface area contributed by atoms with Crippen molar-refractivity contribution in [1.82, 2.24) is 19.1 Å². The zero-order chi connectivity index (χ0) is 25.0. The smallest absolute Gasteiger partial charge is 0.329 e. The van der Waals surface area contributed by atoms with E-state index < -0.39 is 11.2 Å². The minimum Gasteiger partial charge on any atom is -0.497 e. The van der Waals surface area contributed by atoms with Crippen molar-refractivity contribution in [3.05, 3.63) is 50.7 Å². The van der Waals surface area contributed by atoms with Crippen LogP contribution in [-0.2, 0) is 13.6 Å². The van der Waals surface area contributed by atoms with Crippen LogP contribution in [0.4, 0.5) is 5.95 Å². The number of methoxy groups -OCH3 is 1. The van der Waals surface area contributed by atoms with Gasteiger partial charge < -0.3 is 9.30 Å². The number of nitrogens with zero attached hydrogens (tertiary/aromatic N) is 4. The Morgan fingerprint density at radius 2 is 1.63 bits per heavy atom. The first-order valence-corrected chi connectivity index (χ1v) is 12.7. The average molecular weight is 483 g/mol. The highest BCUT2D eigenvalue weighted by Gasteiger charge is 2.16. The summed E-state index contributed by atoms with van der Waals surface area (Å²) in [5, 5.41) is 4.31. The molecule has 9 heteroatoms. The Morgan fingerprint density at radius 1 is 1.00 bits per heavy atom. The molecule has 0 amide bonds. The fourth-order valence-electron chi connectivity index (χ4n) is 4.15. The number of aromatic nitrogens is 4. The number of H-pyrrole nitrogens is 1. The van der Waals surface area contributed by atoms with Gasteiger partial charge in [0.2, 0.25) is 5.95 Å². The highest BCUT2D eigenvalue weighted by Crippen LogP contribution is 2.18. The van der Waals surface area contributed by atoms with Crippen LogP contribution < -0.4 is 21.4 Å². The van der Waals surface area contributed by atoms with Crippen molar-refractivity contribution in [1.29, 1.82) is 0 Å². The van der Waals surface area contributed by atoms with E-state index >= 15 is 0 Å². The highest BCUT2D eigenvalue weighted by molar-refractivity contribution is 5.80. The van der Waals surface area contributed by atoms with Gasteiger partial charge in [0, 0.05) is 13.6 Å². The highest BCUT2D eigenvalue weighted by atomic mass is 16.5. The number of aromatic amines is 1. The molecular weight excluding hydrogens is 444 g/mol. The molecule has 0 saturated carbocycles. The van der Waals surface area contributed by atoms with Gasteiger partial charge in [-0.1, -0.05) is 64.7 Å². The van der Waals surface area contributed by atoms with Gasteiger partial charge in [-0.15, -0.1) is 0 Å². The molecule has 2 aromatic heterocycles. The molecule has 0 aliphatic carbocycles. The monoisotopic (exact) mass is 482 g/mol. The third-order valence-corrected chi connectivity index (χ3v) is 6.24. The Labute approximate surface area is 206 Å². The van der Waals surface area contributed by atoms with Crippen molar-refractivity contribution in [3.8, 4) is 5.75 Å². The van der Waals surface area contributed by atoms with Crippen LogP contribution in [0.5, 0.6) is 5.75 Å². The SMILES string of the molecule is CCCCCCCCCCCCn1c(N/N=C/c2ccc(OC)cc2)nc2c1c(=O)[nH]c(=O)n2C. The largest absolute Gasteiger partial charge is 0.497 e. The zero-order valence-corrected chi connectivity index (χ0v) is 21.2. The lowest BCUT2D eigenvalue weighted by atomic mass is 10.1. The topological polar surface area (TPSA) is 106 Å². The molecular formula is C26H38N6O3. The van der Waals surface area contributed by atoms with E-state index in [9.17, 15) is 9.59 Å². The average Bonchev–Trinajstić information content (AvgIpc) is 3.23. The van der Waals surface area contributed by atoms with E-state index in [0.29, 0.717) is 23.7 Å². The van der Waals surface area contributed by atoms with Gasteiger partial charge in [0.1, 0.15) is 5.75 Å². The molecule has 0 bridgehead atoms. The van der Waals surface area contributed by atoms with Crippen LogP contribution in [0.15, 0.2) is 39.0 Å². The van der Waals surface area contributed by atoms with Crippen LogP contribution in [0.1, 0.15) is 76.7 Å². The summed E-state index contributed by atoms with van der Waals surface area (Å²) in [5.41, 5.74) is 3.65. The number of ether oxygens (including phenoxy) is 1. The molecule has 0 fully saturated rings. The summed E-state index contributed by atoms with van der Waals surface area (Å²) in [6.45, 7) is 2.86. The maximum Gasteiger partial charge on any atom is 0.329 e. The van der Waals surface area contributed by atoms with E-state index in [-0.39, 0.29) is 0 Å². The summed E-state index contributed by atoms with van der Waals surface area (Å²) < 4.78 is 8.35. The van der Waals surface area contributed by atoms with Crippen molar-refractivity contribution in [3.63, 3.8) is 0 Å². The van der Waals surface area contributed by atoms with Gasteiger partial charge in [0.05, 0.1) is 13.3 Å². The van der Waals surface area contributed by atoms with Crippen LogP contribution in [0.2, 0.25) is 0 Å². The maximum atomic E-state index is 12.6. The summed E-state index contributed by atoms with van der Waals surface area (Å²) in [7, 11) is 3.22. The predicted octanol–water partition coefficient (Wildman–Crippen LogP) is 4.80. The normalized spacial score (nSPS) is 11.5. The Bertz CT molecular complexity index is 1210. The number of anilines is 1. The molecule has 0 spiro atoms. The Balaban J connectivity index is 1.65. The molecule has 35 heavy (non-hydrogen) atoms. The van der Waals surface area contributed by atoms with Gasteiger partial charge in [0.25, 0.3) is 5.56 Å². The van der Waals surface area contributed by atoms with Gasteiger partial charge in [0.15, 0.2) is 11.2 Å². The van der Waals surface area contributed by atoms with Crippen molar-refractivity contribution < 1.29 is 4.74 Å². The standard InChI is InChI=1S/C26H38N6O3/c1-4-5-6-7-8-9-10-11-12-13-18-32-22-23(31(2)26(34)29-24(22)33)28-25(32)30-27-19-20-14-16-21(35-3)17-15-20/h14-17,19H,4-13,18H2,1-3H3,(H,28,30)(H,29,33,34)/b27-19+. The van der Waals surface area contributed by atoms with Crippen molar-refractivity contribution in [2.75, 3.05) is 12.5 Å². The molecule has 2 heterocycles. The van der Waals surface area contributed by atoms with E-state index in [1.54, 1.807) is 20.4 Å². The number of benzene rings is 1. The lowest BCUT2D eigenvalue weighted by Crippen LogP contribution is -2.29. The summed E-state index contributed by atoms with van der Waals surface area (Å²) in [6, 6.07) is 7.50. The second-order valence-corrected chi connectivity index (χ2v) is 8.90. The number of hydrogen-bond acceptors (Lipinski definition) is 6. The summed E-state index contributed by atoms with van der Waals surface area (Å²) in [4.78, 5) is 31.6. The number of rotatable bonds is 15. The predicted molar refractivity (Wildman–Crippen MR) is 142 cm³/mol. The first-order valence-electron chi connectivity index (χ1n) is 12.7. The van der Waals surface area contributed by atoms with E-state index in [1.807, 2.05) is 28.8 Å². The van der Waals surface area contributed by atoms with Gasteiger partial charge in [-0.2, -0.15) is 10.1 Å². The summed E-state index contributed by atoms with van der Waals surface area (Å²) in [6.07, 6.45) is 14.0. The van der Waals surface area contributed by atoms with Crippen LogP contribution in [0.25, 0.3) is 11.2 Å². The van der Waals surface area contributed by atoms with Crippen molar-refractivity contribution in [2.24, 2.45) is 12.1 Å². The molecule has 9 nitrogen and oxygen atoms in total. The molecule has 2 N–H and O–H groups in total. The lowest BCUT2D eigenvalue weighted by Gasteiger charge is -2.08. The molecule has 0 aliphatic rings. The molecule has 0 saturated heterocycles. The minimum atomic E-state index is -0.487. The Morgan fingerprint density at radius 3 is 2.26 bits per heavy atom. The van der Waals surface area contributed by atoms with Crippen LogP contribution in [0.3, 0.4) is 0 Å². The van der Waals surface area contributed by atoms with Crippen LogP contribution in [0, 0.1) is 0 Å². The van der Waals surface area contributed by atoms with E-state index in [4.69, 9.17) is 4.74 Å². The fraction of sp³-hybridized carbons (Fsp3) is 0.538. The number of unbranched alkanes of at least 4 members (excludes halogenated alkanes) is 9. The van der Waals surface area contributed by atoms with Gasteiger partial charge >= 0.3 is 5.69 Å². The molecule has 3 aromatic rings. The Kier molecular flexibility index (Phi) is 10.1. The van der Waals surface area contributed by atoms with Gasteiger partial charge in [-0.3, -0.25) is 14.3 Å². The zero-order valence-electron chi connectivity index (χ0n) is 21.2. The van der Waals surface area contributed by atoms with Gasteiger partial charge in [-0.05, 0) is 36.2 Å². The molecule has 0 radical (unpaired) electrons. The molecule has 190 valence electrons. The number of imidazole rings is 1. The van der Waals surface area contributed by atoms with Crippen LogP contribution in [-0.4, -0.2) is 32.4 Å². The van der Waals surface area contributed by atoms with E-state index in [1.165, 1.54) is 55.9 Å². The van der Waals surface area contributed by atoms with E-state index in [2.05, 4.69) is 27.4 Å². The quantitative estimate of drug-likeness (QED) is 0.184. The summed E-state index contributed by atoms with van der Waals surface area (Å²) >= 11 is 0. The number of aryl methyl sites for hydroxylation is 2. The first-order chi connectivity index (χ1) is 17.0. The Hall–Kier alpha value is -3.36. The third-order valence-electron chi connectivity index (χ3n) is 6.24. The number of hydrogen-bond donors (Lipinski definition) is 2. The minimum absolute atomic E-state index is 0.341. The van der Waals surface area contributed by atoms with Crippen molar-refractivity contribution in [2.45, 2.75) is 77.7 Å². The van der Waals surface area contributed by atoms with E-state index in [0.717, 1.165) is 24.2 Å². The van der Waals surface area contributed by atoms with Crippen molar-refractivity contribution >= 4 is 23.3 Å². The number of nitrogens with one attached hydrogen (secondary N) is 2. The second-order valence-electron chi connectivity index (χ2n) is 8.90. The second kappa shape index (κ2) is 13.5. The molecule has 0 atom stereocenters. The molecule has 1 aromatic carbocycles. The third kappa shape index (κ3) is 7.31. The molecule has 3 rings (SSSR count). The van der Waals surface area contributed by atoms with Crippen LogP contribution >= 0.6 is 0 Å². The summed E-state index contributed by atoms with van der Waals surface area (Å²) in [5.74, 6) is 1.21. The molecule has 0 aliphatic heterocycles. The van der Waals surface area contributed by atoms with Gasteiger partial charge in [-0.25, -0.2) is 10.2 Å². The maximum absolute atomic E-state index is 12.6. The molecule has 0 unspecified atom stereocenters.